The summed E-state index contributed by atoms with van der Waals surface area (Å²) in [5, 5.41) is 11.2. The Morgan fingerprint density at radius 2 is 2.12 bits per heavy atom. The Bertz CT molecular complexity index is 880. The third-order valence-electron chi connectivity index (χ3n) is 6.38. The lowest BCUT2D eigenvalue weighted by molar-refractivity contribution is -0.142. The Morgan fingerprint density at radius 1 is 1.35 bits per heavy atom. The lowest BCUT2D eigenvalue weighted by atomic mass is 9.68. The number of nitrogens with one attached hydrogen (secondary N) is 1. The van der Waals surface area contributed by atoms with E-state index < -0.39 is 0 Å². The summed E-state index contributed by atoms with van der Waals surface area (Å²) in [7, 11) is 3.73. The van der Waals surface area contributed by atoms with E-state index in [0.29, 0.717) is 5.91 Å². The highest BCUT2D eigenvalue weighted by Gasteiger charge is 2.54. The molecular formula is C20H25N3O3. The fraction of sp³-hybridized carbons (Fsp3) is 0.550. The van der Waals surface area contributed by atoms with Gasteiger partial charge in [-0.05, 0) is 37.6 Å². The minimum Gasteiger partial charge on any atom is -0.497 e. The normalized spacial score (nSPS) is 24.6. The van der Waals surface area contributed by atoms with E-state index in [0.717, 1.165) is 49.4 Å². The van der Waals surface area contributed by atoms with Crippen LogP contribution >= 0.6 is 0 Å². The minimum atomic E-state index is -0.0485. The molecule has 0 radical (unpaired) electrons. The Morgan fingerprint density at radius 3 is 2.77 bits per heavy atom. The molecule has 1 aliphatic carbocycles. The van der Waals surface area contributed by atoms with Crippen molar-refractivity contribution in [2.45, 2.75) is 24.3 Å². The number of aromatic amines is 1. The summed E-state index contributed by atoms with van der Waals surface area (Å²) in [5.74, 6) is 1.41. The summed E-state index contributed by atoms with van der Waals surface area (Å²) in [6.07, 6.45) is 2.10. The average Bonchev–Trinajstić information content (AvgIpc) is 3.38. The number of likely N-dealkylation sites (N-methyl/N-ethyl adjacent to an activating group) is 1. The number of benzene rings is 1. The fourth-order valence-corrected chi connectivity index (χ4v) is 4.95. The Balaban J connectivity index is 1.59. The molecule has 3 heterocycles. The maximum Gasteiger partial charge on any atom is 0.225 e. The van der Waals surface area contributed by atoms with Gasteiger partial charge in [-0.15, -0.1) is 0 Å². The highest BCUT2D eigenvalue weighted by molar-refractivity contribution is 5.89. The predicted octanol–water partition coefficient (Wildman–Crippen LogP) is 1.65. The topological polar surface area (TPSA) is 68.8 Å². The number of methoxy groups -OCH3 is 1. The third-order valence-corrected chi connectivity index (χ3v) is 6.38. The number of nitrogens with zero attached hydrogens (tertiary/aromatic N) is 2. The molecule has 1 saturated carbocycles. The van der Waals surface area contributed by atoms with Crippen LogP contribution in [0.1, 0.15) is 30.1 Å². The van der Waals surface area contributed by atoms with E-state index >= 15 is 0 Å². The standard InChI is InChI=1S/C20H25N3O3/c1-22-9-20(10-23(11-20)19(25)12-3-4-12)17-14-6-5-13(26-2)7-15(14)21-18(17)16(22)8-24/h5-7,12,16,21,24H,3-4,8-11H2,1-2H3/t16-/m0/s1. The van der Waals surface area contributed by atoms with Crippen LogP contribution in [0.15, 0.2) is 18.2 Å². The van der Waals surface area contributed by atoms with Gasteiger partial charge >= 0.3 is 0 Å². The number of hydrogen-bond acceptors (Lipinski definition) is 4. The van der Waals surface area contributed by atoms with Gasteiger partial charge in [0.05, 0.1) is 19.8 Å². The van der Waals surface area contributed by atoms with Crippen molar-refractivity contribution in [2.75, 3.05) is 40.4 Å². The van der Waals surface area contributed by atoms with E-state index in [1.54, 1.807) is 7.11 Å². The number of aliphatic hydroxyl groups is 1. The number of hydrogen-bond donors (Lipinski definition) is 2. The first-order valence-electron chi connectivity index (χ1n) is 9.36. The Kier molecular flexibility index (Phi) is 3.40. The number of likely N-dealkylation sites (tertiary alicyclic amines) is 1. The molecule has 1 spiro atoms. The molecular weight excluding hydrogens is 330 g/mol. The van der Waals surface area contributed by atoms with Crippen LogP contribution in [-0.2, 0) is 10.2 Å². The number of carbonyl (C=O) groups is 1. The number of carbonyl (C=O) groups excluding carboxylic acids is 1. The first-order valence-corrected chi connectivity index (χ1v) is 9.36. The molecule has 1 saturated heterocycles. The molecule has 2 N–H and O–H groups in total. The number of ether oxygens (including phenoxy) is 1. The van der Waals surface area contributed by atoms with Crippen LogP contribution in [0.2, 0.25) is 0 Å². The minimum absolute atomic E-state index is 0.0396. The van der Waals surface area contributed by atoms with Crippen LogP contribution in [-0.4, -0.2) is 66.2 Å². The van der Waals surface area contributed by atoms with E-state index in [1.165, 1.54) is 10.9 Å². The molecule has 138 valence electrons. The summed E-state index contributed by atoms with van der Waals surface area (Å²) in [4.78, 5) is 20.2. The maximum atomic E-state index is 12.5. The van der Waals surface area contributed by atoms with Crippen LogP contribution in [0.5, 0.6) is 5.75 Å². The van der Waals surface area contributed by atoms with E-state index in [4.69, 9.17) is 4.74 Å². The number of rotatable bonds is 3. The van der Waals surface area contributed by atoms with Gasteiger partial charge in [0.15, 0.2) is 0 Å². The zero-order valence-electron chi connectivity index (χ0n) is 15.3. The average molecular weight is 355 g/mol. The fourth-order valence-electron chi connectivity index (χ4n) is 4.95. The van der Waals surface area contributed by atoms with E-state index in [9.17, 15) is 9.90 Å². The zero-order chi connectivity index (χ0) is 18.1. The second kappa shape index (κ2) is 5.47. The van der Waals surface area contributed by atoms with Crippen molar-refractivity contribution >= 4 is 16.8 Å². The molecule has 2 aromatic rings. The van der Waals surface area contributed by atoms with E-state index in [-0.39, 0.29) is 24.0 Å². The number of aromatic nitrogens is 1. The van der Waals surface area contributed by atoms with Gasteiger partial charge in [-0.2, -0.15) is 0 Å². The molecule has 1 aromatic carbocycles. The molecule has 6 heteroatoms. The maximum absolute atomic E-state index is 12.5. The molecule has 6 nitrogen and oxygen atoms in total. The second-order valence-corrected chi connectivity index (χ2v) is 8.19. The molecule has 2 fully saturated rings. The van der Waals surface area contributed by atoms with Crippen LogP contribution in [0, 0.1) is 5.92 Å². The Hall–Kier alpha value is -2.05. The van der Waals surface area contributed by atoms with Gasteiger partial charge in [0.1, 0.15) is 5.75 Å². The van der Waals surface area contributed by atoms with Crippen molar-refractivity contribution in [1.29, 1.82) is 0 Å². The summed E-state index contributed by atoms with van der Waals surface area (Å²) in [6.45, 7) is 2.49. The van der Waals surface area contributed by atoms with Crippen LogP contribution in [0.3, 0.4) is 0 Å². The largest absolute Gasteiger partial charge is 0.497 e. The molecule has 3 aliphatic rings. The number of fused-ring (bicyclic) bond motifs is 4. The molecule has 1 atom stereocenters. The van der Waals surface area contributed by atoms with Gasteiger partial charge in [-0.3, -0.25) is 9.69 Å². The lowest BCUT2D eigenvalue weighted by Crippen LogP contribution is -2.67. The van der Waals surface area contributed by atoms with E-state index in [1.807, 2.05) is 17.0 Å². The Labute approximate surface area is 152 Å². The smallest absolute Gasteiger partial charge is 0.225 e. The van der Waals surface area contributed by atoms with Crippen molar-refractivity contribution in [3.8, 4) is 5.75 Å². The van der Waals surface area contributed by atoms with Crippen LogP contribution in [0.4, 0.5) is 0 Å². The van der Waals surface area contributed by atoms with Crippen molar-refractivity contribution in [2.24, 2.45) is 5.92 Å². The summed E-state index contributed by atoms with van der Waals surface area (Å²) < 4.78 is 5.37. The first kappa shape index (κ1) is 16.1. The van der Waals surface area contributed by atoms with Crippen LogP contribution < -0.4 is 4.74 Å². The van der Waals surface area contributed by atoms with Gasteiger partial charge in [0, 0.05) is 53.6 Å². The lowest BCUT2D eigenvalue weighted by Gasteiger charge is -2.55. The number of amides is 1. The summed E-state index contributed by atoms with van der Waals surface area (Å²) in [6, 6.07) is 6.07. The SMILES string of the molecule is COc1ccc2c3c([nH]c2c1)[C@H](CO)N(C)CC31CN(C(=O)C2CC2)C1. The zero-order valence-corrected chi connectivity index (χ0v) is 15.3. The summed E-state index contributed by atoms with van der Waals surface area (Å²) >= 11 is 0. The molecule has 0 unspecified atom stereocenters. The highest BCUT2D eigenvalue weighted by Crippen LogP contribution is 2.49. The summed E-state index contributed by atoms with van der Waals surface area (Å²) in [5.41, 5.74) is 3.36. The molecule has 5 rings (SSSR count). The second-order valence-electron chi connectivity index (χ2n) is 8.19. The molecule has 1 amide bonds. The third kappa shape index (κ3) is 2.15. The molecule has 26 heavy (non-hydrogen) atoms. The number of H-pyrrole nitrogens is 1. The van der Waals surface area contributed by atoms with Gasteiger partial charge < -0.3 is 19.7 Å². The van der Waals surface area contributed by atoms with Crippen molar-refractivity contribution in [3.63, 3.8) is 0 Å². The molecule has 1 aromatic heterocycles. The van der Waals surface area contributed by atoms with Gasteiger partial charge in [-0.25, -0.2) is 0 Å². The van der Waals surface area contributed by atoms with Gasteiger partial charge in [0.25, 0.3) is 0 Å². The molecule has 0 bridgehead atoms. The first-order chi connectivity index (χ1) is 12.6. The van der Waals surface area contributed by atoms with Crippen molar-refractivity contribution in [1.82, 2.24) is 14.8 Å². The van der Waals surface area contributed by atoms with Gasteiger partial charge in [0.2, 0.25) is 5.91 Å². The monoisotopic (exact) mass is 355 g/mol. The van der Waals surface area contributed by atoms with Crippen molar-refractivity contribution < 1.29 is 14.6 Å². The van der Waals surface area contributed by atoms with Crippen LogP contribution in [0.25, 0.3) is 10.9 Å². The highest BCUT2D eigenvalue weighted by atomic mass is 16.5. The van der Waals surface area contributed by atoms with Crippen molar-refractivity contribution in [3.05, 3.63) is 29.5 Å². The molecule has 2 aliphatic heterocycles. The predicted molar refractivity (Wildman–Crippen MR) is 98.3 cm³/mol. The van der Waals surface area contributed by atoms with E-state index in [2.05, 4.69) is 23.0 Å². The quantitative estimate of drug-likeness (QED) is 0.878. The van der Waals surface area contributed by atoms with Gasteiger partial charge in [-0.1, -0.05) is 0 Å². The number of aliphatic hydroxyl groups excluding tert-OH is 1.